The molecular weight excluding hydrogens is 376 g/mol. The number of amides is 1. The predicted octanol–water partition coefficient (Wildman–Crippen LogP) is 3.30. The maximum Gasteiger partial charge on any atom is 0.413 e. The lowest BCUT2D eigenvalue weighted by molar-refractivity contribution is 0.0542. The zero-order chi connectivity index (χ0) is 18.2. The van der Waals surface area contributed by atoms with Crippen LogP contribution in [0.15, 0.2) is 35.1 Å². The van der Waals surface area contributed by atoms with E-state index in [2.05, 4.69) is 33.1 Å². The minimum absolute atomic E-state index is 0.104. The number of alkyl carbamates (subject to hydrolysis) is 1. The molecular formula is C17H25BrN2O4. The van der Waals surface area contributed by atoms with Crippen molar-refractivity contribution >= 4 is 22.0 Å². The van der Waals surface area contributed by atoms with Gasteiger partial charge in [0, 0.05) is 19.6 Å². The highest BCUT2D eigenvalue weighted by atomic mass is 79.9. The predicted molar refractivity (Wildman–Crippen MR) is 96.7 cm³/mol. The molecule has 1 amide bonds. The maximum absolute atomic E-state index is 11.6. The topological polar surface area (TPSA) is 79.8 Å². The van der Waals surface area contributed by atoms with Crippen molar-refractivity contribution in [2.45, 2.75) is 39.3 Å². The lowest BCUT2D eigenvalue weighted by Crippen LogP contribution is -2.35. The molecule has 3 N–H and O–H groups in total. The molecule has 0 aliphatic heterocycles. The third-order valence-corrected chi connectivity index (χ3v) is 3.33. The van der Waals surface area contributed by atoms with Gasteiger partial charge in [-0.1, -0.05) is 12.6 Å². The molecule has 6 nitrogen and oxygen atoms in total. The number of ether oxygens (including phenoxy) is 2. The number of hydrogen-bond acceptors (Lipinski definition) is 5. The zero-order valence-electron chi connectivity index (χ0n) is 14.3. The number of carbonyl (C=O) groups excluding carboxylic acids is 1. The normalized spacial score (nSPS) is 10.9. The highest BCUT2D eigenvalue weighted by molar-refractivity contribution is 9.10. The number of aliphatic hydroxyl groups excluding tert-OH is 1. The largest absolute Gasteiger partial charge is 0.492 e. The van der Waals surface area contributed by atoms with Crippen molar-refractivity contribution in [3.05, 3.63) is 40.6 Å². The number of benzene rings is 1. The summed E-state index contributed by atoms with van der Waals surface area (Å²) in [5.41, 5.74) is 0.435. The first kappa shape index (κ1) is 20.3. The second-order valence-electron chi connectivity index (χ2n) is 6.15. The van der Waals surface area contributed by atoms with E-state index < -0.39 is 11.7 Å². The molecule has 1 aromatic rings. The van der Waals surface area contributed by atoms with Crippen LogP contribution in [0, 0.1) is 0 Å². The molecule has 0 saturated carbocycles. The lowest BCUT2D eigenvalue weighted by Gasteiger charge is -2.20. The van der Waals surface area contributed by atoms with E-state index in [1.54, 1.807) is 20.8 Å². The Morgan fingerprint density at radius 2 is 2.08 bits per heavy atom. The van der Waals surface area contributed by atoms with Gasteiger partial charge < -0.3 is 19.9 Å². The van der Waals surface area contributed by atoms with Gasteiger partial charge in [-0.3, -0.25) is 5.32 Å². The molecule has 0 atom stereocenters. The zero-order valence-corrected chi connectivity index (χ0v) is 15.9. The van der Waals surface area contributed by atoms with Gasteiger partial charge in [0.15, 0.2) is 0 Å². The summed E-state index contributed by atoms with van der Waals surface area (Å²) >= 11 is 3.45. The fraction of sp³-hybridized carbons (Fsp3) is 0.471. The van der Waals surface area contributed by atoms with Crippen LogP contribution in [0.4, 0.5) is 4.79 Å². The van der Waals surface area contributed by atoms with Gasteiger partial charge >= 0.3 is 6.09 Å². The molecule has 0 radical (unpaired) electrons. The van der Waals surface area contributed by atoms with Crippen LogP contribution in [0.1, 0.15) is 32.8 Å². The van der Waals surface area contributed by atoms with Gasteiger partial charge in [0.05, 0.1) is 11.1 Å². The van der Waals surface area contributed by atoms with Gasteiger partial charge in [-0.15, -0.1) is 0 Å². The Kier molecular flexibility index (Phi) is 8.07. The van der Waals surface area contributed by atoms with Gasteiger partial charge in [-0.05, 0) is 54.4 Å². The average molecular weight is 401 g/mol. The van der Waals surface area contributed by atoms with Crippen LogP contribution in [0.5, 0.6) is 5.75 Å². The third-order valence-electron chi connectivity index (χ3n) is 2.71. The SMILES string of the molecule is C=C(NCc1ccc(OCCCO)c(Br)c1)NC(=O)OC(C)(C)C. The molecule has 1 aromatic carbocycles. The van der Waals surface area contributed by atoms with E-state index in [1.807, 2.05) is 18.2 Å². The Balaban J connectivity index is 2.45. The summed E-state index contributed by atoms with van der Waals surface area (Å²) in [7, 11) is 0. The minimum atomic E-state index is -0.554. The molecule has 0 aliphatic rings. The summed E-state index contributed by atoms with van der Waals surface area (Å²) in [5, 5.41) is 14.3. The number of hydrogen-bond donors (Lipinski definition) is 3. The minimum Gasteiger partial charge on any atom is -0.492 e. The molecule has 0 fully saturated rings. The summed E-state index contributed by atoms with van der Waals surface area (Å²) in [6.45, 7) is 10.2. The summed E-state index contributed by atoms with van der Waals surface area (Å²) in [4.78, 5) is 11.6. The van der Waals surface area contributed by atoms with Crippen molar-refractivity contribution < 1.29 is 19.4 Å². The number of rotatable bonds is 8. The standard InChI is InChI=1S/C17H25BrN2O4/c1-12(20-16(22)24-17(2,3)4)19-11-13-6-7-15(14(18)10-13)23-9-5-8-21/h6-7,10,19,21H,1,5,8-9,11H2,2-4H3,(H,20,22). The fourth-order valence-corrected chi connectivity index (χ4v) is 2.24. The van der Waals surface area contributed by atoms with Crippen LogP contribution in [-0.2, 0) is 11.3 Å². The van der Waals surface area contributed by atoms with Gasteiger partial charge in [0.2, 0.25) is 0 Å². The Morgan fingerprint density at radius 1 is 1.38 bits per heavy atom. The van der Waals surface area contributed by atoms with E-state index in [0.29, 0.717) is 25.4 Å². The van der Waals surface area contributed by atoms with Gasteiger partial charge in [0.25, 0.3) is 0 Å². The molecule has 7 heteroatoms. The van der Waals surface area contributed by atoms with Crippen molar-refractivity contribution in [2.24, 2.45) is 0 Å². The van der Waals surface area contributed by atoms with E-state index in [0.717, 1.165) is 15.8 Å². The van der Waals surface area contributed by atoms with Crippen LogP contribution in [0.2, 0.25) is 0 Å². The Morgan fingerprint density at radius 3 is 2.67 bits per heavy atom. The second-order valence-corrected chi connectivity index (χ2v) is 7.00. The van der Waals surface area contributed by atoms with Crippen LogP contribution < -0.4 is 15.4 Å². The number of halogens is 1. The fourth-order valence-electron chi connectivity index (χ4n) is 1.70. The Hall–Kier alpha value is -1.73. The lowest BCUT2D eigenvalue weighted by atomic mass is 10.2. The molecule has 0 bridgehead atoms. The number of carbonyl (C=O) groups is 1. The van der Waals surface area contributed by atoms with Gasteiger partial charge in [0.1, 0.15) is 17.2 Å². The number of aliphatic hydroxyl groups is 1. The average Bonchev–Trinajstić information content (AvgIpc) is 2.45. The van der Waals surface area contributed by atoms with Gasteiger partial charge in [-0.25, -0.2) is 4.79 Å². The highest BCUT2D eigenvalue weighted by Gasteiger charge is 2.16. The molecule has 0 heterocycles. The van der Waals surface area contributed by atoms with E-state index in [-0.39, 0.29) is 6.61 Å². The molecule has 0 saturated heterocycles. The van der Waals surface area contributed by atoms with E-state index in [9.17, 15) is 4.79 Å². The van der Waals surface area contributed by atoms with Crippen molar-refractivity contribution in [3.8, 4) is 5.75 Å². The van der Waals surface area contributed by atoms with Crippen LogP contribution in [0.25, 0.3) is 0 Å². The van der Waals surface area contributed by atoms with E-state index in [4.69, 9.17) is 14.6 Å². The van der Waals surface area contributed by atoms with E-state index >= 15 is 0 Å². The van der Waals surface area contributed by atoms with Crippen molar-refractivity contribution in [2.75, 3.05) is 13.2 Å². The summed E-state index contributed by atoms with van der Waals surface area (Å²) in [6, 6.07) is 5.68. The first-order valence-electron chi connectivity index (χ1n) is 7.66. The smallest absolute Gasteiger partial charge is 0.413 e. The van der Waals surface area contributed by atoms with Crippen LogP contribution in [-0.4, -0.2) is 30.0 Å². The van der Waals surface area contributed by atoms with Crippen molar-refractivity contribution in [1.29, 1.82) is 0 Å². The van der Waals surface area contributed by atoms with Crippen LogP contribution in [0.3, 0.4) is 0 Å². The highest BCUT2D eigenvalue weighted by Crippen LogP contribution is 2.26. The Bertz CT molecular complexity index is 570. The Labute approximate surface area is 151 Å². The summed E-state index contributed by atoms with van der Waals surface area (Å²) in [6.07, 6.45) is 0.0418. The van der Waals surface area contributed by atoms with Crippen LogP contribution >= 0.6 is 15.9 Å². The molecule has 0 aliphatic carbocycles. The second kappa shape index (κ2) is 9.54. The van der Waals surface area contributed by atoms with Crippen molar-refractivity contribution in [3.63, 3.8) is 0 Å². The molecule has 0 aromatic heterocycles. The summed E-state index contributed by atoms with van der Waals surface area (Å²) in [5.74, 6) is 1.08. The quantitative estimate of drug-likeness (QED) is 0.583. The summed E-state index contributed by atoms with van der Waals surface area (Å²) < 4.78 is 11.5. The molecule has 1 rings (SSSR count). The van der Waals surface area contributed by atoms with E-state index in [1.165, 1.54) is 0 Å². The first-order valence-corrected chi connectivity index (χ1v) is 8.45. The first-order chi connectivity index (χ1) is 11.2. The molecule has 134 valence electrons. The molecule has 24 heavy (non-hydrogen) atoms. The number of nitrogens with one attached hydrogen (secondary N) is 2. The molecule has 0 unspecified atom stereocenters. The maximum atomic E-state index is 11.6. The van der Waals surface area contributed by atoms with Crippen molar-refractivity contribution in [1.82, 2.24) is 10.6 Å². The van der Waals surface area contributed by atoms with Gasteiger partial charge in [-0.2, -0.15) is 0 Å². The monoisotopic (exact) mass is 400 g/mol. The third kappa shape index (κ3) is 8.21. The molecule has 0 spiro atoms.